The summed E-state index contributed by atoms with van der Waals surface area (Å²) in [5.74, 6) is 0.0637. The van der Waals surface area contributed by atoms with Crippen molar-refractivity contribution < 1.29 is 14.3 Å². The predicted octanol–water partition coefficient (Wildman–Crippen LogP) is 5.68. The fraction of sp³-hybridized carbons (Fsp3) is 0.636. The molecule has 0 aliphatic rings. The SMILES string of the molecule is CCCCCCCCCCCCCC(=O)NNC(=O)COc1ccc(Br)cc1. The number of halogens is 1. The van der Waals surface area contributed by atoms with Crippen LogP contribution in [0.15, 0.2) is 28.7 Å². The van der Waals surface area contributed by atoms with Crippen molar-refractivity contribution in [2.45, 2.75) is 84.0 Å². The summed E-state index contributed by atoms with van der Waals surface area (Å²) in [6, 6.07) is 7.20. The molecule has 0 unspecified atom stereocenters. The number of rotatable bonds is 15. The van der Waals surface area contributed by atoms with Crippen LogP contribution in [0.5, 0.6) is 5.75 Å². The molecule has 2 N–H and O–H groups in total. The van der Waals surface area contributed by atoms with E-state index in [-0.39, 0.29) is 18.4 Å². The van der Waals surface area contributed by atoms with Crippen LogP contribution in [-0.2, 0) is 9.59 Å². The number of unbranched alkanes of at least 4 members (excludes halogenated alkanes) is 10. The molecule has 6 heteroatoms. The van der Waals surface area contributed by atoms with Gasteiger partial charge in [0.15, 0.2) is 6.61 Å². The topological polar surface area (TPSA) is 67.4 Å². The molecule has 0 bridgehead atoms. The minimum absolute atomic E-state index is 0.139. The molecule has 0 saturated heterocycles. The van der Waals surface area contributed by atoms with Crippen LogP contribution < -0.4 is 15.6 Å². The highest BCUT2D eigenvalue weighted by Gasteiger charge is 2.05. The van der Waals surface area contributed by atoms with Crippen molar-refractivity contribution >= 4 is 27.7 Å². The van der Waals surface area contributed by atoms with Gasteiger partial charge >= 0.3 is 0 Å². The molecule has 0 aromatic heterocycles. The summed E-state index contributed by atoms with van der Waals surface area (Å²) >= 11 is 3.34. The molecule has 5 nitrogen and oxygen atoms in total. The summed E-state index contributed by atoms with van der Waals surface area (Å²) < 4.78 is 6.29. The third-order valence-corrected chi connectivity index (χ3v) is 5.06. The summed E-state index contributed by atoms with van der Waals surface area (Å²) in [5.41, 5.74) is 4.82. The Bertz CT molecular complexity index is 549. The maximum absolute atomic E-state index is 11.7. The molecule has 0 aliphatic heterocycles. The molecule has 0 fully saturated rings. The Morgan fingerprint density at radius 1 is 0.786 bits per heavy atom. The Morgan fingerprint density at radius 3 is 1.86 bits per heavy atom. The lowest BCUT2D eigenvalue weighted by molar-refractivity contribution is -0.130. The Labute approximate surface area is 178 Å². The average molecular weight is 455 g/mol. The number of carbonyl (C=O) groups excluding carboxylic acids is 2. The molecular weight excluding hydrogens is 420 g/mol. The molecule has 0 spiro atoms. The van der Waals surface area contributed by atoms with Gasteiger partial charge in [0.25, 0.3) is 5.91 Å². The third-order valence-electron chi connectivity index (χ3n) is 4.53. The van der Waals surface area contributed by atoms with Gasteiger partial charge in [-0.3, -0.25) is 20.4 Å². The smallest absolute Gasteiger partial charge is 0.276 e. The van der Waals surface area contributed by atoms with E-state index in [9.17, 15) is 9.59 Å². The molecule has 1 rings (SSSR count). The summed E-state index contributed by atoms with van der Waals surface area (Å²) in [6.07, 6.45) is 14.2. The molecule has 158 valence electrons. The Hall–Kier alpha value is -1.56. The maximum atomic E-state index is 11.7. The number of amides is 2. The number of hydrogen-bond donors (Lipinski definition) is 2. The van der Waals surface area contributed by atoms with Gasteiger partial charge in [0.05, 0.1) is 0 Å². The first kappa shape index (κ1) is 24.5. The van der Waals surface area contributed by atoms with E-state index in [1.807, 2.05) is 12.1 Å². The summed E-state index contributed by atoms with van der Waals surface area (Å²) in [6.45, 7) is 2.11. The third kappa shape index (κ3) is 13.6. The highest BCUT2D eigenvalue weighted by molar-refractivity contribution is 9.10. The van der Waals surface area contributed by atoms with E-state index < -0.39 is 0 Å². The maximum Gasteiger partial charge on any atom is 0.276 e. The van der Waals surface area contributed by atoms with E-state index in [4.69, 9.17) is 4.74 Å². The van der Waals surface area contributed by atoms with Gasteiger partial charge in [-0.1, -0.05) is 87.1 Å². The molecule has 28 heavy (non-hydrogen) atoms. The largest absolute Gasteiger partial charge is 0.484 e. The van der Waals surface area contributed by atoms with E-state index in [2.05, 4.69) is 33.7 Å². The second kappa shape index (κ2) is 16.4. The van der Waals surface area contributed by atoms with Crippen molar-refractivity contribution in [2.24, 2.45) is 0 Å². The second-order valence-corrected chi connectivity index (χ2v) is 8.04. The van der Waals surface area contributed by atoms with Crippen LogP contribution in [0.2, 0.25) is 0 Å². The first-order valence-electron chi connectivity index (χ1n) is 10.6. The molecule has 0 saturated carbocycles. The number of carbonyl (C=O) groups is 2. The van der Waals surface area contributed by atoms with Gasteiger partial charge in [0.2, 0.25) is 5.91 Å². The van der Waals surface area contributed by atoms with Crippen molar-refractivity contribution in [2.75, 3.05) is 6.61 Å². The van der Waals surface area contributed by atoms with Gasteiger partial charge in [-0.25, -0.2) is 0 Å². The van der Waals surface area contributed by atoms with Crippen molar-refractivity contribution in [3.8, 4) is 5.75 Å². The molecule has 0 radical (unpaired) electrons. The van der Waals surface area contributed by atoms with Crippen molar-refractivity contribution in [1.82, 2.24) is 10.9 Å². The van der Waals surface area contributed by atoms with Crippen LogP contribution in [0.4, 0.5) is 0 Å². The number of benzene rings is 1. The first-order chi connectivity index (χ1) is 13.6. The van der Waals surface area contributed by atoms with E-state index in [0.717, 1.165) is 17.3 Å². The average Bonchev–Trinajstić information content (AvgIpc) is 2.70. The zero-order valence-electron chi connectivity index (χ0n) is 17.1. The highest BCUT2D eigenvalue weighted by Crippen LogP contribution is 2.15. The zero-order valence-corrected chi connectivity index (χ0v) is 18.7. The normalized spacial score (nSPS) is 10.5. The van der Waals surface area contributed by atoms with E-state index >= 15 is 0 Å². The minimum Gasteiger partial charge on any atom is -0.484 e. The van der Waals surface area contributed by atoms with E-state index in [1.54, 1.807) is 12.1 Å². The van der Waals surface area contributed by atoms with Crippen LogP contribution >= 0.6 is 15.9 Å². The monoisotopic (exact) mass is 454 g/mol. The number of hydrazine groups is 1. The van der Waals surface area contributed by atoms with Gasteiger partial charge in [-0.05, 0) is 30.7 Å². The Morgan fingerprint density at radius 2 is 1.29 bits per heavy atom. The van der Waals surface area contributed by atoms with Gasteiger partial charge in [-0.2, -0.15) is 0 Å². The van der Waals surface area contributed by atoms with E-state index in [1.165, 1.54) is 57.8 Å². The quantitative estimate of drug-likeness (QED) is 0.264. The van der Waals surface area contributed by atoms with Crippen molar-refractivity contribution in [3.63, 3.8) is 0 Å². The van der Waals surface area contributed by atoms with Gasteiger partial charge in [0.1, 0.15) is 5.75 Å². The number of hydrogen-bond acceptors (Lipinski definition) is 3. The van der Waals surface area contributed by atoms with Crippen molar-refractivity contribution in [3.05, 3.63) is 28.7 Å². The molecule has 1 aromatic carbocycles. The van der Waals surface area contributed by atoms with Gasteiger partial charge < -0.3 is 4.74 Å². The van der Waals surface area contributed by atoms with Gasteiger partial charge in [0, 0.05) is 10.9 Å². The zero-order chi connectivity index (χ0) is 20.5. The fourth-order valence-corrected chi connectivity index (χ4v) is 3.13. The predicted molar refractivity (Wildman–Crippen MR) is 117 cm³/mol. The first-order valence-corrected chi connectivity index (χ1v) is 11.4. The Balaban J connectivity index is 1.92. The lowest BCUT2D eigenvalue weighted by atomic mass is 10.1. The fourth-order valence-electron chi connectivity index (χ4n) is 2.87. The molecular formula is C22H35BrN2O3. The number of ether oxygens (including phenoxy) is 1. The van der Waals surface area contributed by atoms with Crippen LogP contribution in [0.1, 0.15) is 84.0 Å². The summed E-state index contributed by atoms with van der Waals surface area (Å²) in [4.78, 5) is 23.4. The standard InChI is InChI=1S/C22H35BrN2O3/c1-2-3-4-5-6-7-8-9-10-11-12-13-21(26)24-25-22(27)18-28-20-16-14-19(23)15-17-20/h14-17H,2-13,18H2,1H3,(H,24,26)(H,25,27). The molecule has 0 atom stereocenters. The van der Waals surface area contributed by atoms with Crippen LogP contribution in [-0.4, -0.2) is 18.4 Å². The lowest BCUT2D eigenvalue weighted by Crippen LogP contribution is -2.43. The molecule has 2 amide bonds. The number of nitrogens with one attached hydrogen (secondary N) is 2. The summed E-state index contributed by atoms with van der Waals surface area (Å²) in [7, 11) is 0. The summed E-state index contributed by atoms with van der Waals surface area (Å²) in [5, 5.41) is 0. The molecule has 0 aliphatic carbocycles. The highest BCUT2D eigenvalue weighted by atomic mass is 79.9. The van der Waals surface area contributed by atoms with Crippen LogP contribution in [0.25, 0.3) is 0 Å². The Kier molecular flexibility index (Phi) is 14.3. The van der Waals surface area contributed by atoms with E-state index in [0.29, 0.717) is 12.2 Å². The van der Waals surface area contributed by atoms with Crippen LogP contribution in [0, 0.1) is 0 Å². The lowest BCUT2D eigenvalue weighted by Gasteiger charge is -2.09. The van der Waals surface area contributed by atoms with Gasteiger partial charge in [-0.15, -0.1) is 0 Å². The van der Waals surface area contributed by atoms with Crippen molar-refractivity contribution in [1.29, 1.82) is 0 Å². The minimum atomic E-state index is -0.379. The molecule has 0 heterocycles. The van der Waals surface area contributed by atoms with Crippen LogP contribution in [0.3, 0.4) is 0 Å². The molecule has 1 aromatic rings. The second-order valence-electron chi connectivity index (χ2n) is 7.12.